The number of benzene rings is 3. The second kappa shape index (κ2) is 15.8. The highest BCUT2D eigenvalue weighted by atomic mass is 35.5. The van der Waals surface area contributed by atoms with Crippen LogP contribution in [0.1, 0.15) is 47.7 Å². The van der Waals surface area contributed by atoms with Gasteiger partial charge in [0, 0.05) is 28.0 Å². The maximum absolute atomic E-state index is 13.1. The number of nitrogen functional groups attached to an aromatic ring is 1. The second-order valence-electron chi connectivity index (χ2n) is 8.89. The molecule has 0 aliphatic rings. The van der Waals surface area contributed by atoms with Crippen molar-refractivity contribution in [3.63, 3.8) is 0 Å². The molecule has 1 atom stereocenters. The summed E-state index contributed by atoms with van der Waals surface area (Å²) in [6.07, 6.45) is 0.685. The molecule has 0 fully saturated rings. The predicted molar refractivity (Wildman–Crippen MR) is 163 cm³/mol. The van der Waals surface area contributed by atoms with Gasteiger partial charge < -0.3 is 25.3 Å². The highest BCUT2D eigenvalue weighted by Crippen LogP contribution is 2.34. The summed E-state index contributed by atoms with van der Waals surface area (Å²) < 4.78 is 16.5. The van der Waals surface area contributed by atoms with E-state index in [1.165, 1.54) is 7.11 Å². The molecular weight excluding hydrogens is 542 g/mol. The Morgan fingerprint density at radius 1 is 1.05 bits per heavy atom. The van der Waals surface area contributed by atoms with Gasteiger partial charge in [-0.15, -0.1) is 12.4 Å². The lowest BCUT2D eigenvalue weighted by atomic mass is 9.96. The summed E-state index contributed by atoms with van der Waals surface area (Å²) in [6.45, 7) is 7.17. The lowest BCUT2D eigenvalue weighted by molar-refractivity contribution is -0.141. The van der Waals surface area contributed by atoms with Crippen molar-refractivity contribution in [2.75, 3.05) is 25.6 Å². The normalized spacial score (nSPS) is 10.6. The second-order valence-corrected chi connectivity index (χ2v) is 8.89. The summed E-state index contributed by atoms with van der Waals surface area (Å²) in [7, 11) is 1.31. The van der Waals surface area contributed by atoms with Gasteiger partial charge in [-0.05, 0) is 67.4 Å². The van der Waals surface area contributed by atoms with Crippen molar-refractivity contribution < 1.29 is 23.8 Å². The molecule has 0 spiro atoms. The van der Waals surface area contributed by atoms with Crippen molar-refractivity contribution in [3.05, 3.63) is 107 Å². The van der Waals surface area contributed by atoms with Crippen molar-refractivity contribution in [2.24, 2.45) is 5.73 Å². The molecule has 0 saturated heterocycles. The first-order valence-electron chi connectivity index (χ1n) is 12.7. The molecule has 0 amide bonds. The molecule has 0 aliphatic carbocycles. The van der Waals surface area contributed by atoms with Gasteiger partial charge in [0.2, 0.25) is 0 Å². The molecule has 0 aliphatic heterocycles. The number of ether oxygens (including phenoxy) is 3. The van der Waals surface area contributed by atoms with Gasteiger partial charge in [0.25, 0.3) is 0 Å². The molecule has 3 aromatic carbocycles. The SMILES string of the molecule is C=C(C)C(=O)OCCOc1c(C#Cc2ccccc2)cc(CC)cc1C(Nc1ccc(C(=N)N)cc1)C(=O)OC.Cl. The number of hydrogen-bond acceptors (Lipinski definition) is 7. The van der Waals surface area contributed by atoms with Crippen LogP contribution in [0.15, 0.2) is 78.9 Å². The smallest absolute Gasteiger partial charge is 0.333 e. The van der Waals surface area contributed by atoms with Crippen LogP contribution in [0.2, 0.25) is 0 Å². The third-order valence-corrected chi connectivity index (χ3v) is 5.87. The molecule has 0 bridgehead atoms. The summed E-state index contributed by atoms with van der Waals surface area (Å²) in [5.41, 5.74) is 9.89. The average molecular weight is 576 g/mol. The largest absolute Gasteiger partial charge is 0.488 e. The van der Waals surface area contributed by atoms with Crippen molar-refractivity contribution in [2.45, 2.75) is 26.3 Å². The van der Waals surface area contributed by atoms with E-state index in [4.69, 9.17) is 25.4 Å². The molecule has 0 saturated carbocycles. The zero-order chi connectivity index (χ0) is 29.1. The Hall–Kier alpha value is -4.74. The van der Waals surface area contributed by atoms with Crippen LogP contribution in [-0.4, -0.2) is 38.1 Å². The van der Waals surface area contributed by atoms with Gasteiger partial charge in [-0.2, -0.15) is 0 Å². The third kappa shape index (κ3) is 9.16. The van der Waals surface area contributed by atoms with Gasteiger partial charge in [-0.25, -0.2) is 9.59 Å². The number of hydrogen-bond donors (Lipinski definition) is 3. The van der Waals surface area contributed by atoms with E-state index >= 15 is 0 Å². The fourth-order valence-electron chi connectivity index (χ4n) is 3.74. The van der Waals surface area contributed by atoms with E-state index in [0.29, 0.717) is 34.5 Å². The van der Waals surface area contributed by atoms with Crippen molar-refractivity contribution >= 4 is 35.9 Å². The van der Waals surface area contributed by atoms with E-state index in [9.17, 15) is 9.59 Å². The lowest BCUT2D eigenvalue weighted by Crippen LogP contribution is -2.24. The zero-order valence-electron chi connectivity index (χ0n) is 23.3. The first-order chi connectivity index (χ1) is 19.2. The lowest BCUT2D eigenvalue weighted by Gasteiger charge is -2.23. The number of carbonyl (C=O) groups excluding carboxylic acids is 2. The first-order valence-corrected chi connectivity index (χ1v) is 12.7. The summed E-state index contributed by atoms with van der Waals surface area (Å²) in [5.74, 6) is 5.61. The van der Waals surface area contributed by atoms with Gasteiger partial charge >= 0.3 is 11.9 Å². The minimum atomic E-state index is -0.954. The fraction of sp³-hybridized carbons (Fsp3) is 0.219. The minimum Gasteiger partial charge on any atom is -0.488 e. The van der Waals surface area contributed by atoms with E-state index in [2.05, 4.69) is 23.7 Å². The van der Waals surface area contributed by atoms with Gasteiger partial charge in [0.05, 0.1) is 12.7 Å². The van der Waals surface area contributed by atoms with Crippen molar-refractivity contribution in [1.29, 1.82) is 5.41 Å². The topological polar surface area (TPSA) is 124 Å². The molecule has 3 rings (SSSR count). The molecule has 8 nitrogen and oxygen atoms in total. The van der Waals surface area contributed by atoms with Crippen LogP contribution in [0.25, 0.3) is 0 Å². The van der Waals surface area contributed by atoms with Crippen LogP contribution >= 0.6 is 12.4 Å². The molecule has 0 aromatic heterocycles. The van der Waals surface area contributed by atoms with Gasteiger partial charge in [-0.1, -0.05) is 43.5 Å². The summed E-state index contributed by atoms with van der Waals surface area (Å²) >= 11 is 0. The number of nitrogens with two attached hydrogens (primary N) is 1. The van der Waals surface area contributed by atoms with Crippen LogP contribution in [-0.2, 0) is 25.5 Å². The Kier molecular flexibility index (Phi) is 12.5. The standard InChI is InChI=1S/C32H33N3O5.ClH/c1-5-22-19-25(12-11-23-9-7-6-8-10-23)29(39-17-18-40-31(36)21(2)3)27(20-22)28(32(37)38-4)35-26-15-13-24(14-16-26)30(33)34;/h6-10,13-16,19-20,28,35H,2,5,17-18H2,1,3-4H3,(H3,33,34);1H. The van der Waals surface area contributed by atoms with Crippen LogP contribution in [0, 0.1) is 17.3 Å². The maximum Gasteiger partial charge on any atom is 0.333 e. The highest BCUT2D eigenvalue weighted by molar-refractivity contribution is 5.95. The first kappa shape index (κ1) is 32.5. The van der Waals surface area contributed by atoms with E-state index in [0.717, 1.165) is 11.1 Å². The Morgan fingerprint density at radius 2 is 1.73 bits per heavy atom. The molecule has 3 aromatic rings. The molecule has 1 unspecified atom stereocenters. The van der Waals surface area contributed by atoms with E-state index in [1.807, 2.05) is 49.4 Å². The summed E-state index contributed by atoms with van der Waals surface area (Å²) in [4.78, 5) is 25.0. The molecule has 4 N–H and O–H groups in total. The van der Waals surface area contributed by atoms with E-state index in [-0.39, 0.29) is 37.0 Å². The number of amidine groups is 1. The number of methoxy groups -OCH3 is 1. The fourth-order valence-corrected chi connectivity index (χ4v) is 3.74. The number of nitrogens with one attached hydrogen (secondary N) is 2. The number of aryl methyl sites for hydroxylation is 1. The average Bonchev–Trinajstić information content (AvgIpc) is 2.97. The van der Waals surface area contributed by atoms with E-state index in [1.54, 1.807) is 31.2 Å². The molecule has 0 heterocycles. The third-order valence-electron chi connectivity index (χ3n) is 5.87. The predicted octanol–water partition coefficient (Wildman–Crippen LogP) is 5.18. The molecule has 0 radical (unpaired) electrons. The van der Waals surface area contributed by atoms with Gasteiger partial charge in [0.1, 0.15) is 24.8 Å². The molecule has 214 valence electrons. The van der Waals surface area contributed by atoms with Crippen LogP contribution in [0.4, 0.5) is 5.69 Å². The van der Waals surface area contributed by atoms with Crippen LogP contribution < -0.4 is 15.8 Å². The monoisotopic (exact) mass is 575 g/mol. The Bertz CT molecular complexity index is 1440. The number of rotatable bonds is 11. The van der Waals surface area contributed by atoms with Crippen LogP contribution in [0.5, 0.6) is 5.75 Å². The Labute approximate surface area is 246 Å². The van der Waals surface area contributed by atoms with Gasteiger partial charge in [0.15, 0.2) is 6.04 Å². The Morgan fingerprint density at radius 3 is 2.32 bits per heavy atom. The van der Waals surface area contributed by atoms with E-state index < -0.39 is 18.0 Å². The number of halogens is 1. The molecule has 41 heavy (non-hydrogen) atoms. The number of anilines is 1. The summed E-state index contributed by atoms with van der Waals surface area (Å²) in [6, 6.07) is 19.2. The maximum atomic E-state index is 13.1. The minimum absolute atomic E-state index is 0. The highest BCUT2D eigenvalue weighted by Gasteiger charge is 2.27. The molecule has 9 heteroatoms. The zero-order valence-corrected chi connectivity index (χ0v) is 24.1. The number of carbonyl (C=O) groups is 2. The van der Waals surface area contributed by atoms with Crippen molar-refractivity contribution in [3.8, 4) is 17.6 Å². The Balaban J connectivity index is 0.00000588. The summed E-state index contributed by atoms with van der Waals surface area (Å²) in [5, 5.41) is 10.8. The van der Waals surface area contributed by atoms with Crippen molar-refractivity contribution in [1.82, 2.24) is 0 Å². The quantitative estimate of drug-likeness (QED) is 0.0718. The number of esters is 2. The van der Waals surface area contributed by atoms with Gasteiger partial charge in [-0.3, -0.25) is 5.41 Å². The molecular formula is C32H34ClN3O5. The van der Waals surface area contributed by atoms with Crippen LogP contribution in [0.3, 0.4) is 0 Å².